The summed E-state index contributed by atoms with van der Waals surface area (Å²) in [6, 6.07) is 6.96. The minimum Gasteiger partial charge on any atom is -0.494 e. The minimum absolute atomic E-state index is 0.212. The number of aliphatic hydroxyl groups excluding tert-OH is 1. The maximum Gasteiger partial charge on any atom is 0.203 e. The van der Waals surface area contributed by atoms with E-state index in [1.54, 1.807) is 24.3 Å². The third kappa shape index (κ3) is 5.14. The van der Waals surface area contributed by atoms with E-state index in [-0.39, 0.29) is 25.6 Å². The Morgan fingerprint density at radius 2 is 2.00 bits per heavy atom. The fourth-order valence-electron chi connectivity index (χ4n) is 3.49. The maximum atomic E-state index is 13.0. The first-order valence-corrected chi connectivity index (χ1v) is 10.6. The van der Waals surface area contributed by atoms with Crippen LogP contribution in [0, 0.1) is 6.92 Å². The number of Topliss-reactive ketones (excluding diaryl/α,β-unsaturated/α-hetero) is 1. The third-order valence-electron chi connectivity index (χ3n) is 5.06. The highest BCUT2D eigenvalue weighted by molar-refractivity contribution is 6.00. The number of aliphatic hydroxyl groups is 1. The van der Waals surface area contributed by atoms with Crippen molar-refractivity contribution in [2.24, 2.45) is 0 Å². The molecule has 0 amide bonds. The Kier molecular flexibility index (Phi) is 7.26. The van der Waals surface area contributed by atoms with Gasteiger partial charge in [0.05, 0.1) is 24.3 Å². The van der Waals surface area contributed by atoms with Gasteiger partial charge in [-0.05, 0) is 63.6 Å². The molecule has 1 heterocycles. The molecule has 0 unspecified atom stereocenters. The number of benzene rings is 2. The highest BCUT2D eigenvalue weighted by Crippen LogP contribution is 2.41. The molecule has 32 heavy (non-hydrogen) atoms. The van der Waals surface area contributed by atoms with Crippen LogP contribution in [0.15, 0.2) is 43.0 Å². The number of aryl methyl sites for hydroxylation is 1. The summed E-state index contributed by atoms with van der Waals surface area (Å²) in [5, 5.41) is 9.93. The van der Waals surface area contributed by atoms with Crippen LogP contribution in [0.3, 0.4) is 0 Å². The van der Waals surface area contributed by atoms with Crippen molar-refractivity contribution in [3.05, 3.63) is 65.3 Å². The summed E-state index contributed by atoms with van der Waals surface area (Å²) in [5.74, 6) is 1.87. The molecule has 0 aliphatic carbocycles. The summed E-state index contributed by atoms with van der Waals surface area (Å²) in [6.45, 7) is 11.7. The molecule has 3 rings (SSSR count). The van der Waals surface area contributed by atoms with Crippen LogP contribution in [-0.2, 0) is 6.61 Å². The van der Waals surface area contributed by atoms with Gasteiger partial charge in [-0.3, -0.25) is 4.79 Å². The number of ketones is 1. The van der Waals surface area contributed by atoms with Crippen LogP contribution >= 0.6 is 0 Å². The summed E-state index contributed by atoms with van der Waals surface area (Å²) >= 11 is 0. The molecule has 0 aromatic heterocycles. The van der Waals surface area contributed by atoms with Crippen LogP contribution in [0.1, 0.15) is 47.8 Å². The molecule has 0 bridgehead atoms. The van der Waals surface area contributed by atoms with E-state index >= 15 is 0 Å². The lowest BCUT2D eigenvalue weighted by Gasteiger charge is -2.30. The van der Waals surface area contributed by atoms with Gasteiger partial charge in [0.2, 0.25) is 5.78 Å². The molecule has 0 atom stereocenters. The van der Waals surface area contributed by atoms with E-state index in [2.05, 4.69) is 6.58 Å². The first-order valence-electron chi connectivity index (χ1n) is 10.6. The van der Waals surface area contributed by atoms with Crippen LogP contribution in [0.4, 0.5) is 0 Å². The van der Waals surface area contributed by atoms with Crippen LogP contribution in [0.2, 0.25) is 0 Å². The number of rotatable bonds is 10. The van der Waals surface area contributed by atoms with Gasteiger partial charge < -0.3 is 24.1 Å². The lowest BCUT2D eigenvalue weighted by molar-refractivity contribution is 0.0913. The van der Waals surface area contributed by atoms with Gasteiger partial charge in [0, 0.05) is 11.6 Å². The molecule has 2 aromatic carbocycles. The summed E-state index contributed by atoms with van der Waals surface area (Å²) in [7, 11) is 0. The van der Waals surface area contributed by atoms with Crippen LogP contribution in [0.5, 0.6) is 23.0 Å². The van der Waals surface area contributed by atoms with Crippen LogP contribution < -0.4 is 18.9 Å². The van der Waals surface area contributed by atoms with E-state index in [1.165, 1.54) is 0 Å². The molecule has 0 fully saturated rings. The SMILES string of the molecule is C=CCOc1cc(OCC)ccc1C(=O)COc1c2c(cc(C)c1CO)OC(C)(C)C=C2. The summed E-state index contributed by atoms with van der Waals surface area (Å²) < 4.78 is 23.2. The Morgan fingerprint density at radius 1 is 1.22 bits per heavy atom. The van der Waals surface area contributed by atoms with Crippen molar-refractivity contribution in [1.29, 1.82) is 0 Å². The molecular formula is C26H30O6. The van der Waals surface area contributed by atoms with Gasteiger partial charge in [-0.25, -0.2) is 0 Å². The standard InChI is InChI=1S/C26H30O6/c1-6-12-30-23-14-18(29-7-2)8-9-19(23)22(28)16-31-25-20-10-11-26(4,5)32-24(20)13-17(3)21(25)15-27/h6,8-11,13-14,27H,1,7,12,15-16H2,2-5H3. The molecule has 0 radical (unpaired) electrons. The molecule has 2 aromatic rings. The molecule has 0 spiro atoms. The van der Waals surface area contributed by atoms with Crippen molar-refractivity contribution in [2.45, 2.75) is 39.9 Å². The predicted molar refractivity (Wildman–Crippen MR) is 124 cm³/mol. The van der Waals surface area contributed by atoms with Crippen molar-refractivity contribution < 1.29 is 28.8 Å². The highest BCUT2D eigenvalue weighted by atomic mass is 16.5. The monoisotopic (exact) mass is 438 g/mol. The number of hydrogen-bond acceptors (Lipinski definition) is 6. The fourth-order valence-corrected chi connectivity index (χ4v) is 3.49. The zero-order valence-corrected chi connectivity index (χ0v) is 19.1. The smallest absolute Gasteiger partial charge is 0.203 e. The van der Waals surface area contributed by atoms with Gasteiger partial charge in [-0.1, -0.05) is 12.7 Å². The molecule has 170 valence electrons. The van der Waals surface area contributed by atoms with Crippen molar-refractivity contribution in [1.82, 2.24) is 0 Å². The van der Waals surface area contributed by atoms with Gasteiger partial charge in [0.1, 0.15) is 35.2 Å². The van der Waals surface area contributed by atoms with Crippen molar-refractivity contribution >= 4 is 11.9 Å². The normalized spacial score (nSPS) is 13.7. The molecule has 1 N–H and O–H groups in total. The Balaban J connectivity index is 1.89. The minimum atomic E-state index is -0.451. The van der Waals surface area contributed by atoms with E-state index in [4.69, 9.17) is 18.9 Å². The third-order valence-corrected chi connectivity index (χ3v) is 5.06. The quantitative estimate of drug-likeness (QED) is 0.420. The van der Waals surface area contributed by atoms with E-state index in [0.29, 0.717) is 46.3 Å². The average Bonchev–Trinajstić information content (AvgIpc) is 2.75. The Bertz CT molecular complexity index is 1040. The topological polar surface area (TPSA) is 74.2 Å². The van der Waals surface area contributed by atoms with E-state index in [1.807, 2.05) is 45.9 Å². The van der Waals surface area contributed by atoms with Gasteiger partial charge in [0.25, 0.3) is 0 Å². The molecule has 1 aliphatic rings. The van der Waals surface area contributed by atoms with E-state index in [0.717, 1.165) is 5.56 Å². The first kappa shape index (κ1) is 23.4. The molecular weight excluding hydrogens is 408 g/mol. The highest BCUT2D eigenvalue weighted by Gasteiger charge is 2.27. The van der Waals surface area contributed by atoms with Gasteiger partial charge in [-0.2, -0.15) is 0 Å². The lowest BCUT2D eigenvalue weighted by atomic mass is 9.97. The molecule has 6 nitrogen and oxygen atoms in total. The van der Waals surface area contributed by atoms with Crippen LogP contribution in [0.25, 0.3) is 6.08 Å². The summed E-state index contributed by atoms with van der Waals surface area (Å²) in [6.07, 6.45) is 5.44. The second-order valence-corrected chi connectivity index (χ2v) is 8.01. The zero-order valence-electron chi connectivity index (χ0n) is 19.1. The molecule has 0 saturated heterocycles. The molecule has 6 heteroatoms. The number of ether oxygens (including phenoxy) is 4. The summed E-state index contributed by atoms with van der Waals surface area (Å²) in [5.41, 5.74) is 2.10. The average molecular weight is 439 g/mol. The lowest BCUT2D eigenvalue weighted by Crippen LogP contribution is -2.28. The van der Waals surface area contributed by atoms with Crippen molar-refractivity contribution in [2.75, 3.05) is 19.8 Å². The zero-order chi connectivity index (χ0) is 23.3. The number of fused-ring (bicyclic) bond motifs is 1. The van der Waals surface area contributed by atoms with Gasteiger partial charge >= 0.3 is 0 Å². The predicted octanol–water partition coefficient (Wildman–Crippen LogP) is 4.90. The molecule has 0 saturated carbocycles. The number of carbonyl (C=O) groups is 1. The Morgan fingerprint density at radius 3 is 2.69 bits per heavy atom. The Labute approximate surface area is 189 Å². The van der Waals surface area contributed by atoms with Crippen molar-refractivity contribution in [3.8, 4) is 23.0 Å². The Hall–Kier alpha value is -3.25. The summed E-state index contributed by atoms with van der Waals surface area (Å²) in [4.78, 5) is 13.0. The number of hydrogen-bond donors (Lipinski definition) is 1. The maximum absolute atomic E-state index is 13.0. The largest absolute Gasteiger partial charge is 0.494 e. The molecule has 1 aliphatic heterocycles. The van der Waals surface area contributed by atoms with Gasteiger partial charge in [-0.15, -0.1) is 0 Å². The van der Waals surface area contributed by atoms with E-state index in [9.17, 15) is 9.90 Å². The fraction of sp³-hybridized carbons (Fsp3) is 0.346. The first-order chi connectivity index (χ1) is 15.3. The van der Waals surface area contributed by atoms with E-state index < -0.39 is 5.60 Å². The second-order valence-electron chi connectivity index (χ2n) is 8.01. The van der Waals surface area contributed by atoms with Gasteiger partial charge in [0.15, 0.2) is 6.61 Å². The number of carbonyl (C=O) groups excluding carboxylic acids is 1. The van der Waals surface area contributed by atoms with Crippen molar-refractivity contribution in [3.63, 3.8) is 0 Å². The second kappa shape index (κ2) is 9.92. The van der Waals surface area contributed by atoms with Crippen LogP contribution in [-0.4, -0.2) is 36.3 Å².